The molecule has 1 aliphatic heterocycles. The van der Waals surface area contributed by atoms with Crippen LogP contribution in [0.5, 0.6) is 0 Å². The molecule has 1 heterocycles. The van der Waals surface area contributed by atoms with E-state index in [1.54, 1.807) is 0 Å². The third-order valence-electron chi connectivity index (χ3n) is 4.06. The molecule has 0 spiro atoms. The van der Waals surface area contributed by atoms with E-state index in [9.17, 15) is 0 Å². The molecule has 1 atom stereocenters. The van der Waals surface area contributed by atoms with Gasteiger partial charge in [-0.25, -0.2) is 0 Å². The highest BCUT2D eigenvalue weighted by Gasteiger charge is 2.21. The van der Waals surface area contributed by atoms with Gasteiger partial charge in [0, 0.05) is 18.8 Å². The SMILES string of the molecule is C=C(C(C)C(C)C)N1CCc2ccccc2C1. The molecule has 1 nitrogen and oxygen atoms in total. The molecule has 0 aromatic heterocycles. The Morgan fingerprint density at radius 1 is 1.18 bits per heavy atom. The van der Waals surface area contributed by atoms with Crippen LogP contribution in [-0.2, 0) is 13.0 Å². The van der Waals surface area contributed by atoms with Crippen LogP contribution in [-0.4, -0.2) is 11.4 Å². The van der Waals surface area contributed by atoms with Crippen LogP contribution in [0.3, 0.4) is 0 Å². The number of hydrogen-bond acceptors (Lipinski definition) is 1. The molecule has 0 radical (unpaired) electrons. The second-order valence-corrected chi connectivity index (χ2v) is 5.46. The maximum absolute atomic E-state index is 4.30. The predicted molar refractivity (Wildman–Crippen MR) is 73.7 cm³/mol. The van der Waals surface area contributed by atoms with E-state index in [0.29, 0.717) is 11.8 Å². The topological polar surface area (TPSA) is 3.24 Å². The number of benzene rings is 1. The zero-order valence-corrected chi connectivity index (χ0v) is 11.2. The monoisotopic (exact) mass is 229 g/mol. The van der Waals surface area contributed by atoms with Crippen molar-refractivity contribution in [3.05, 3.63) is 47.7 Å². The van der Waals surface area contributed by atoms with Gasteiger partial charge in [-0.3, -0.25) is 0 Å². The van der Waals surface area contributed by atoms with Crippen molar-refractivity contribution in [2.75, 3.05) is 6.54 Å². The molecule has 0 bridgehead atoms. The number of hydrogen-bond donors (Lipinski definition) is 0. The molecular formula is C16H23N. The minimum atomic E-state index is 0.570. The Labute approximate surface area is 105 Å². The molecule has 1 aromatic carbocycles. The Balaban J connectivity index is 2.10. The molecule has 1 unspecified atom stereocenters. The lowest BCUT2D eigenvalue weighted by molar-refractivity contribution is 0.266. The van der Waals surface area contributed by atoms with Crippen molar-refractivity contribution in [1.29, 1.82) is 0 Å². The van der Waals surface area contributed by atoms with Crippen molar-refractivity contribution in [3.63, 3.8) is 0 Å². The van der Waals surface area contributed by atoms with E-state index < -0.39 is 0 Å². The normalized spacial score (nSPS) is 16.8. The van der Waals surface area contributed by atoms with Crippen molar-refractivity contribution in [2.45, 2.75) is 33.7 Å². The summed E-state index contributed by atoms with van der Waals surface area (Å²) in [6, 6.07) is 8.77. The molecule has 0 amide bonds. The summed E-state index contributed by atoms with van der Waals surface area (Å²) in [5.74, 6) is 1.24. The van der Waals surface area contributed by atoms with Crippen LogP contribution in [0.4, 0.5) is 0 Å². The van der Waals surface area contributed by atoms with Gasteiger partial charge >= 0.3 is 0 Å². The summed E-state index contributed by atoms with van der Waals surface area (Å²) in [7, 11) is 0. The van der Waals surface area contributed by atoms with E-state index in [-0.39, 0.29) is 0 Å². The first-order valence-electron chi connectivity index (χ1n) is 6.60. The summed E-state index contributed by atoms with van der Waals surface area (Å²) in [5.41, 5.74) is 4.28. The first-order chi connectivity index (χ1) is 8.09. The van der Waals surface area contributed by atoms with Crippen molar-refractivity contribution in [3.8, 4) is 0 Å². The first-order valence-corrected chi connectivity index (χ1v) is 6.60. The molecule has 0 N–H and O–H groups in total. The number of rotatable bonds is 3. The second kappa shape index (κ2) is 4.95. The zero-order chi connectivity index (χ0) is 12.4. The van der Waals surface area contributed by atoms with Crippen LogP contribution in [0.1, 0.15) is 31.9 Å². The van der Waals surface area contributed by atoms with Gasteiger partial charge in [0.15, 0.2) is 0 Å². The maximum atomic E-state index is 4.30. The molecule has 1 aromatic rings. The van der Waals surface area contributed by atoms with Gasteiger partial charge in [0.05, 0.1) is 0 Å². The molecule has 1 heteroatoms. The lowest BCUT2D eigenvalue weighted by atomic mass is 9.92. The zero-order valence-electron chi connectivity index (χ0n) is 11.2. The smallest absolute Gasteiger partial charge is 0.0429 e. The average Bonchev–Trinajstić information content (AvgIpc) is 2.36. The van der Waals surface area contributed by atoms with Crippen molar-refractivity contribution in [1.82, 2.24) is 4.90 Å². The number of nitrogens with zero attached hydrogens (tertiary/aromatic N) is 1. The van der Waals surface area contributed by atoms with Gasteiger partial charge in [-0.15, -0.1) is 0 Å². The summed E-state index contributed by atoms with van der Waals surface area (Å²) in [6.07, 6.45) is 1.15. The van der Waals surface area contributed by atoms with Crippen LogP contribution in [0.15, 0.2) is 36.5 Å². The van der Waals surface area contributed by atoms with Gasteiger partial charge in [0.1, 0.15) is 0 Å². The van der Waals surface area contributed by atoms with Gasteiger partial charge in [0.25, 0.3) is 0 Å². The summed E-state index contributed by atoms with van der Waals surface area (Å²) in [6.45, 7) is 13.3. The molecule has 1 aliphatic rings. The Bertz CT molecular complexity index is 406. The largest absolute Gasteiger partial charge is 0.370 e. The van der Waals surface area contributed by atoms with Crippen LogP contribution in [0, 0.1) is 11.8 Å². The highest BCUT2D eigenvalue weighted by atomic mass is 15.1. The highest BCUT2D eigenvalue weighted by molar-refractivity contribution is 5.30. The lowest BCUT2D eigenvalue weighted by Gasteiger charge is -2.35. The predicted octanol–water partition coefficient (Wildman–Crippen LogP) is 3.85. The van der Waals surface area contributed by atoms with E-state index in [2.05, 4.69) is 56.5 Å². The fourth-order valence-corrected chi connectivity index (χ4v) is 2.41. The van der Waals surface area contributed by atoms with Gasteiger partial charge in [-0.05, 0) is 29.4 Å². The van der Waals surface area contributed by atoms with Crippen LogP contribution in [0.2, 0.25) is 0 Å². The van der Waals surface area contributed by atoms with E-state index in [1.807, 2.05) is 0 Å². The highest BCUT2D eigenvalue weighted by Crippen LogP contribution is 2.27. The quantitative estimate of drug-likeness (QED) is 0.761. The van der Waals surface area contributed by atoms with Crippen LogP contribution >= 0.6 is 0 Å². The summed E-state index contributed by atoms with van der Waals surface area (Å²) in [5, 5.41) is 0. The lowest BCUT2D eigenvalue weighted by Crippen LogP contribution is -2.32. The first kappa shape index (κ1) is 12.2. The fraction of sp³-hybridized carbons (Fsp3) is 0.500. The summed E-state index contributed by atoms with van der Waals surface area (Å²) in [4.78, 5) is 2.45. The average molecular weight is 229 g/mol. The minimum Gasteiger partial charge on any atom is -0.370 e. The number of fused-ring (bicyclic) bond motifs is 1. The molecule has 0 aliphatic carbocycles. The Hall–Kier alpha value is -1.24. The van der Waals surface area contributed by atoms with E-state index in [1.165, 1.54) is 16.8 Å². The Kier molecular flexibility index (Phi) is 3.56. The molecule has 2 rings (SSSR count). The van der Waals surface area contributed by atoms with Crippen LogP contribution in [0.25, 0.3) is 0 Å². The summed E-state index contributed by atoms with van der Waals surface area (Å²) >= 11 is 0. The Morgan fingerprint density at radius 2 is 1.82 bits per heavy atom. The van der Waals surface area contributed by atoms with Gasteiger partial charge in [0.2, 0.25) is 0 Å². The molecule has 17 heavy (non-hydrogen) atoms. The van der Waals surface area contributed by atoms with E-state index in [0.717, 1.165) is 19.5 Å². The molecule has 0 saturated heterocycles. The molecule has 92 valence electrons. The van der Waals surface area contributed by atoms with Crippen LogP contribution < -0.4 is 0 Å². The van der Waals surface area contributed by atoms with Crippen molar-refractivity contribution >= 4 is 0 Å². The third-order valence-corrected chi connectivity index (χ3v) is 4.06. The molecule has 0 fully saturated rings. The summed E-state index contributed by atoms with van der Waals surface area (Å²) < 4.78 is 0. The van der Waals surface area contributed by atoms with Gasteiger partial charge in [-0.1, -0.05) is 51.6 Å². The second-order valence-electron chi connectivity index (χ2n) is 5.46. The third kappa shape index (κ3) is 2.54. The number of allylic oxidation sites excluding steroid dienone is 1. The molecule has 0 saturated carbocycles. The minimum absolute atomic E-state index is 0.570. The standard InChI is InChI=1S/C16H23N/c1-12(2)13(3)14(4)17-10-9-15-7-5-6-8-16(15)11-17/h5-8,12-13H,4,9-11H2,1-3H3. The van der Waals surface area contributed by atoms with Crippen molar-refractivity contribution in [2.24, 2.45) is 11.8 Å². The van der Waals surface area contributed by atoms with Gasteiger partial charge in [-0.2, -0.15) is 0 Å². The van der Waals surface area contributed by atoms with E-state index in [4.69, 9.17) is 0 Å². The molecular weight excluding hydrogens is 206 g/mol. The maximum Gasteiger partial charge on any atom is 0.0429 e. The van der Waals surface area contributed by atoms with Gasteiger partial charge < -0.3 is 4.90 Å². The van der Waals surface area contributed by atoms with E-state index >= 15 is 0 Å². The fourth-order valence-electron chi connectivity index (χ4n) is 2.41. The Morgan fingerprint density at radius 3 is 2.47 bits per heavy atom. The van der Waals surface area contributed by atoms with Crippen molar-refractivity contribution < 1.29 is 0 Å².